The third-order valence-electron chi connectivity index (χ3n) is 4.54. The lowest BCUT2D eigenvalue weighted by Gasteiger charge is -2.35. The van der Waals surface area contributed by atoms with Crippen molar-refractivity contribution in [1.82, 2.24) is 10.6 Å². The summed E-state index contributed by atoms with van der Waals surface area (Å²) in [5, 5.41) is 5.57. The zero-order valence-corrected chi connectivity index (χ0v) is 15.5. The molecule has 0 bridgehead atoms. The van der Waals surface area contributed by atoms with E-state index in [1.165, 1.54) is 5.56 Å². The fraction of sp³-hybridized carbons (Fsp3) is 0.333. The Morgan fingerprint density at radius 2 is 1.85 bits per heavy atom. The first-order chi connectivity index (χ1) is 13.2. The van der Waals surface area contributed by atoms with E-state index >= 15 is 0 Å². The molecule has 142 valence electrons. The Kier molecular flexibility index (Phi) is 6.30. The van der Waals surface area contributed by atoms with Crippen LogP contribution in [0.2, 0.25) is 0 Å². The van der Waals surface area contributed by atoms with Gasteiger partial charge in [0, 0.05) is 13.6 Å². The summed E-state index contributed by atoms with van der Waals surface area (Å²) in [6, 6.07) is 17.7. The molecule has 3 rings (SSSR count). The maximum absolute atomic E-state index is 12.4. The Labute approximate surface area is 159 Å². The molecule has 2 amide bonds. The molecule has 0 spiro atoms. The molecule has 2 aromatic rings. The van der Waals surface area contributed by atoms with Gasteiger partial charge in [-0.05, 0) is 30.5 Å². The van der Waals surface area contributed by atoms with Gasteiger partial charge in [0.1, 0.15) is 5.75 Å². The number of ether oxygens (including phenoxy) is 1. The first-order valence-corrected chi connectivity index (χ1v) is 9.20. The van der Waals surface area contributed by atoms with Gasteiger partial charge in [0.05, 0.1) is 18.8 Å². The van der Waals surface area contributed by atoms with Gasteiger partial charge in [-0.1, -0.05) is 42.5 Å². The van der Waals surface area contributed by atoms with Crippen molar-refractivity contribution >= 4 is 17.5 Å². The highest BCUT2D eigenvalue weighted by Crippen LogP contribution is 2.32. The summed E-state index contributed by atoms with van der Waals surface area (Å²) < 4.78 is 5.76. The summed E-state index contributed by atoms with van der Waals surface area (Å²) in [5.41, 5.74) is 2.10. The predicted octanol–water partition coefficient (Wildman–Crippen LogP) is 1.75. The van der Waals surface area contributed by atoms with Crippen molar-refractivity contribution in [3.63, 3.8) is 0 Å². The fourth-order valence-corrected chi connectivity index (χ4v) is 3.15. The molecule has 0 saturated heterocycles. The normalized spacial score (nSPS) is 15.4. The Morgan fingerprint density at radius 1 is 1.11 bits per heavy atom. The molecule has 0 saturated carbocycles. The molecule has 6 heteroatoms. The van der Waals surface area contributed by atoms with Crippen LogP contribution in [-0.2, 0) is 16.0 Å². The zero-order valence-electron chi connectivity index (χ0n) is 15.5. The third kappa shape index (κ3) is 5.00. The first-order valence-electron chi connectivity index (χ1n) is 9.20. The second kappa shape index (κ2) is 9.07. The average molecular weight is 367 g/mol. The molecule has 1 aliphatic heterocycles. The summed E-state index contributed by atoms with van der Waals surface area (Å²) in [7, 11) is 1.58. The van der Waals surface area contributed by atoms with Gasteiger partial charge in [-0.2, -0.15) is 0 Å². The molecule has 0 radical (unpaired) electrons. The van der Waals surface area contributed by atoms with E-state index in [0.717, 1.165) is 18.5 Å². The van der Waals surface area contributed by atoms with Crippen LogP contribution in [0.15, 0.2) is 54.6 Å². The number of amides is 2. The standard InChI is InChI=1S/C21H25N3O3/c1-22-21(26)19-14-24(17-11-5-6-12-18(17)27-19)15-20(25)23-13-7-10-16-8-3-2-4-9-16/h2-6,8-9,11-12,19H,7,10,13-15H2,1H3,(H,22,26)(H,23,25)/t19-/m1/s1. The molecule has 0 fully saturated rings. The highest BCUT2D eigenvalue weighted by molar-refractivity contribution is 5.86. The molecule has 2 aromatic carbocycles. The topological polar surface area (TPSA) is 70.7 Å². The van der Waals surface area contributed by atoms with Crippen LogP contribution in [0.3, 0.4) is 0 Å². The van der Waals surface area contributed by atoms with E-state index in [2.05, 4.69) is 22.8 Å². The second-order valence-corrected chi connectivity index (χ2v) is 6.51. The van der Waals surface area contributed by atoms with Crippen LogP contribution in [0.5, 0.6) is 5.75 Å². The van der Waals surface area contributed by atoms with Gasteiger partial charge in [0.2, 0.25) is 5.91 Å². The molecule has 1 heterocycles. The summed E-state index contributed by atoms with van der Waals surface area (Å²) in [6.45, 7) is 1.16. The number of anilines is 1. The lowest BCUT2D eigenvalue weighted by Crippen LogP contribution is -2.50. The van der Waals surface area contributed by atoms with Crippen molar-refractivity contribution in [1.29, 1.82) is 0 Å². The molecule has 27 heavy (non-hydrogen) atoms. The average Bonchev–Trinajstić information content (AvgIpc) is 2.71. The maximum atomic E-state index is 12.4. The van der Waals surface area contributed by atoms with Crippen molar-refractivity contribution in [3.05, 3.63) is 60.2 Å². The van der Waals surface area contributed by atoms with Crippen molar-refractivity contribution in [2.45, 2.75) is 18.9 Å². The first kappa shape index (κ1) is 18.8. The lowest BCUT2D eigenvalue weighted by atomic mass is 10.1. The number of likely N-dealkylation sites (N-methyl/N-ethyl adjacent to an activating group) is 1. The van der Waals surface area contributed by atoms with Gasteiger partial charge >= 0.3 is 0 Å². The minimum atomic E-state index is -0.629. The fourth-order valence-electron chi connectivity index (χ4n) is 3.15. The van der Waals surface area contributed by atoms with E-state index in [-0.39, 0.29) is 18.4 Å². The number of fused-ring (bicyclic) bond motifs is 1. The van der Waals surface area contributed by atoms with Crippen LogP contribution >= 0.6 is 0 Å². The number of hydrogen-bond donors (Lipinski definition) is 2. The number of rotatable bonds is 7. The van der Waals surface area contributed by atoms with E-state index in [0.29, 0.717) is 18.8 Å². The van der Waals surface area contributed by atoms with Crippen LogP contribution in [-0.4, -0.2) is 44.6 Å². The van der Waals surface area contributed by atoms with Crippen LogP contribution in [0.25, 0.3) is 0 Å². The van der Waals surface area contributed by atoms with E-state index in [4.69, 9.17) is 4.74 Å². The molecular weight excluding hydrogens is 342 g/mol. The maximum Gasteiger partial charge on any atom is 0.262 e. The molecule has 2 N–H and O–H groups in total. The number of carbonyl (C=O) groups is 2. The van der Waals surface area contributed by atoms with E-state index in [1.54, 1.807) is 7.05 Å². The molecular formula is C21H25N3O3. The largest absolute Gasteiger partial charge is 0.477 e. The highest BCUT2D eigenvalue weighted by Gasteiger charge is 2.30. The Hall–Kier alpha value is -3.02. The van der Waals surface area contributed by atoms with Gasteiger partial charge in [-0.3, -0.25) is 9.59 Å². The summed E-state index contributed by atoms with van der Waals surface area (Å²) in [6.07, 6.45) is 1.19. The zero-order chi connectivity index (χ0) is 19.1. The Bertz CT molecular complexity index is 779. The van der Waals surface area contributed by atoms with Crippen LogP contribution in [0.1, 0.15) is 12.0 Å². The SMILES string of the molecule is CNC(=O)[C@H]1CN(CC(=O)NCCCc2ccccc2)c2ccccc2O1. The second-order valence-electron chi connectivity index (χ2n) is 6.51. The molecule has 6 nitrogen and oxygen atoms in total. The van der Waals surface area contributed by atoms with Gasteiger partial charge in [0.25, 0.3) is 5.91 Å². The van der Waals surface area contributed by atoms with Crippen molar-refractivity contribution in [2.24, 2.45) is 0 Å². The smallest absolute Gasteiger partial charge is 0.262 e. The monoisotopic (exact) mass is 367 g/mol. The number of carbonyl (C=O) groups excluding carboxylic acids is 2. The lowest BCUT2D eigenvalue weighted by molar-refractivity contribution is -0.127. The number of benzene rings is 2. The third-order valence-corrected chi connectivity index (χ3v) is 4.54. The number of aryl methyl sites for hydroxylation is 1. The van der Waals surface area contributed by atoms with Crippen LogP contribution in [0.4, 0.5) is 5.69 Å². The van der Waals surface area contributed by atoms with E-state index < -0.39 is 6.10 Å². The van der Waals surface area contributed by atoms with Crippen LogP contribution in [0, 0.1) is 0 Å². The van der Waals surface area contributed by atoms with Crippen LogP contribution < -0.4 is 20.3 Å². The van der Waals surface area contributed by atoms with Gasteiger partial charge in [0.15, 0.2) is 6.10 Å². The Morgan fingerprint density at radius 3 is 2.63 bits per heavy atom. The van der Waals surface area contributed by atoms with Gasteiger partial charge < -0.3 is 20.3 Å². The Balaban J connectivity index is 1.53. The number of nitrogens with zero attached hydrogens (tertiary/aromatic N) is 1. The molecule has 0 aromatic heterocycles. The summed E-state index contributed by atoms with van der Waals surface area (Å²) in [4.78, 5) is 26.3. The van der Waals surface area contributed by atoms with Gasteiger partial charge in [-0.15, -0.1) is 0 Å². The van der Waals surface area contributed by atoms with Crippen molar-refractivity contribution < 1.29 is 14.3 Å². The highest BCUT2D eigenvalue weighted by atomic mass is 16.5. The predicted molar refractivity (Wildman–Crippen MR) is 105 cm³/mol. The minimum absolute atomic E-state index is 0.0598. The molecule has 0 unspecified atom stereocenters. The molecule has 1 aliphatic rings. The van der Waals surface area contributed by atoms with E-state index in [9.17, 15) is 9.59 Å². The minimum Gasteiger partial charge on any atom is -0.477 e. The van der Waals surface area contributed by atoms with Crippen molar-refractivity contribution in [3.8, 4) is 5.75 Å². The van der Waals surface area contributed by atoms with Gasteiger partial charge in [-0.25, -0.2) is 0 Å². The molecule has 0 aliphatic carbocycles. The summed E-state index contributed by atoms with van der Waals surface area (Å²) >= 11 is 0. The molecule has 1 atom stereocenters. The summed E-state index contributed by atoms with van der Waals surface area (Å²) in [5.74, 6) is 0.363. The number of para-hydroxylation sites is 2. The van der Waals surface area contributed by atoms with Crippen molar-refractivity contribution in [2.75, 3.05) is 31.6 Å². The quantitative estimate of drug-likeness (QED) is 0.732. The van der Waals surface area contributed by atoms with E-state index in [1.807, 2.05) is 47.4 Å². The number of hydrogen-bond acceptors (Lipinski definition) is 4. The number of nitrogens with one attached hydrogen (secondary N) is 2.